The van der Waals surface area contributed by atoms with Crippen molar-refractivity contribution >= 4 is 17.7 Å². The molecule has 3 aliphatic carbocycles. The highest BCUT2D eigenvalue weighted by molar-refractivity contribution is 7.99. The number of thioether (sulfide) groups is 1. The molecule has 3 aliphatic rings. The van der Waals surface area contributed by atoms with Crippen LogP contribution in [0.1, 0.15) is 108 Å². The summed E-state index contributed by atoms with van der Waals surface area (Å²) < 4.78 is 5.91. The molecule has 3 saturated carbocycles. The van der Waals surface area contributed by atoms with Crippen LogP contribution < -0.4 is 0 Å². The van der Waals surface area contributed by atoms with Crippen LogP contribution in [0.3, 0.4) is 0 Å². The average Bonchev–Trinajstić information content (AvgIpc) is 3.24. The number of carbonyl (C=O) groups is 1. The molecule has 1 aromatic rings. The van der Waals surface area contributed by atoms with Crippen molar-refractivity contribution in [3.63, 3.8) is 0 Å². The molecule has 0 saturated heterocycles. The van der Waals surface area contributed by atoms with Gasteiger partial charge in [-0.15, -0.1) is 10.2 Å². The van der Waals surface area contributed by atoms with Gasteiger partial charge in [0.2, 0.25) is 11.8 Å². The molecule has 4 rings (SSSR count). The van der Waals surface area contributed by atoms with Crippen LogP contribution in [0.2, 0.25) is 0 Å². The minimum atomic E-state index is 0.279. The van der Waals surface area contributed by atoms with E-state index < -0.39 is 0 Å². The van der Waals surface area contributed by atoms with Crippen LogP contribution in [0.4, 0.5) is 0 Å². The number of rotatable bonds is 6. The Labute approximate surface area is 173 Å². The zero-order valence-electron chi connectivity index (χ0n) is 17.1. The molecule has 0 bridgehead atoms. The first-order valence-electron chi connectivity index (χ1n) is 11.6. The molecular weight excluding hydrogens is 370 g/mol. The summed E-state index contributed by atoms with van der Waals surface area (Å²) in [5, 5.41) is 9.07. The van der Waals surface area contributed by atoms with Crippen LogP contribution >= 0.6 is 11.8 Å². The van der Waals surface area contributed by atoms with Crippen LogP contribution in [0.25, 0.3) is 0 Å². The SMILES string of the molecule is O=C(CSc1nnc(C2CCCCC2)o1)N(C1CCCCC1)C1CCCCC1. The van der Waals surface area contributed by atoms with Crippen LogP contribution in [0.15, 0.2) is 9.64 Å². The lowest BCUT2D eigenvalue weighted by molar-refractivity contribution is -0.135. The fraction of sp³-hybridized carbons (Fsp3) is 0.864. The summed E-state index contributed by atoms with van der Waals surface area (Å²) in [6, 6.07) is 0.899. The smallest absolute Gasteiger partial charge is 0.277 e. The van der Waals surface area contributed by atoms with Gasteiger partial charge >= 0.3 is 0 Å². The Hall–Kier alpha value is -1.04. The molecule has 1 aromatic heterocycles. The molecule has 156 valence electrons. The molecule has 1 heterocycles. The molecule has 1 amide bonds. The maximum atomic E-state index is 13.2. The molecule has 0 aromatic carbocycles. The average molecular weight is 406 g/mol. The fourth-order valence-corrected chi connectivity index (χ4v) is 6.05. The molecule has 0 unspecified atom stereocenters. The summed E-state index contributed by atoms with van der Waals surface area (Å²) in [6.45, 7) is 0. The summed E-state index contributed by atoms with van der Waals surface area (Å²) in [4.78, 5) is 15.5. The van der Waals surface area contributed by atoms with Crippen LogP contribution in [-0.2, 0) is 4.79 Å². The number of hydrogen-bond acceptors (Lipinski definition) is 5. The highest BCUT2D eigenvalue weighted by atomic mass is 32.2. The second-order valence-electron chi connectivity index (χ2n) is 8.91. The Kier molecular flexibility index (Phi) is 7.32. The first-order chi connectivity index (χ1) is 13.8. The minimum Gasteiger partial charge on any atom is -0.416 e. The van der Waals surface area contributed by atoms with Gasteiger partial charge in [0.1, 0.15) is 0 Å². The van der Waals surface area contributed by atoms with Crippen molar-refractivity contribution in [2.75, 3.05) is 5.75 Å². The number of aromatic nitrogens is 2. The molecule has 0 radical (unpaired) electrons. The van der Waals surface area contributed by atoms with E-state index in [4.69, 9.17) is 4.42 Å². The monoisotopic (exact) mass is 405 g/mol. The van der Waals surface area contributed by atoms with Gasteiger partial charge in [0.25, 0.3) is 5.22 Å². The van der Waals surface area contributed by atoms with Gasteiger partial charge in [-0.1, -0.05) is 69.5 Å². The molecule has 6 heteroatoms. The van der Waals surface area contributed by atoms with Crippen molar-refractivity contribution < 1.29 is 9.21 Å². The van der Waals surface area contributed by atoms with Crippen molar-refractivity contribution in [3.8, 4) is 0 Å². The first-order valence-corrected chi connectivity index (χ1v) is 12.6. The Bertz CT molecular complexity index is 599. The number of amides is 1. The summed E-state index contributed by atoms with van der Waals surface area (Å²) in [5.74, 6) is 1.92. The van der Waals surface area contributed by atoms with Crippen molar-refractivity contribution in [1.29, 1.82) is 0 Å². The number of nitrogens with zero attached hydrogens (tertiary/aromatic N) is 3. The summed E-state index contributed by atoms with van der Waals surface area (Å²) in [5.41, 5.74) is 0. The van der Waals surface area contributed by atoms with E-state index in [0.29, 0.717) is 29.0 Å². The lowest BCUT2D eigenvalue weighted by Gasteiger charge is -2.41. The first kappa shape index (κ1) is 20.2. The Morgan fingerprint density at radius 1 is 0.821 bits per heavy atom. The van der Waals surface area contributed by atoms with Crippen molar-refractivity contribution in [3.05, 3.63) is 5.89 Å². The van der Waals surface area contributed by atoms with Crippen LogP contribution in [0, 0.1) is 0 Å². The van der Waals surface area contributed by atoms with Crippen molar-refractivity contribution in [2.45, 2.75) is 120 Å². The second-order valence-corrected chi connectivity index (χ2v) is 9.84. The lowest BCUT2D eigenvalue weighted by Crippen LogP contribution is -2.49. The second kappa shape index (κ2) is 10.1. The van der Waals surface area contributed by atoms with E-state index in [-0.39, 0.29) is 5.91 Å². The maximum Gasteiger partial charge on any atom is 0.277 e. The molecule has 0 aliphatic heterocycles. The third kappa shape index (κ3) is 5.11. The summed E-state index contributed by atoms with van der Waals surface area (Å²) >= 11 is 1.44. The maximum absolute atomic E-state index is 13.2. The lowest BCUT2D eigenvalue weighted by atomic mass is 9.88. The van der Waals surface area contributed by atoms with Gasteiger partial charge in [-0.2, -0.15) is 0 Å². The van der Waals surface area contributed by atoms with Gasteiger partial charge in [-0.05, 0) is 38.5 Å². The molecule has 28 heavy (non-hydrogen) atoms. The van der Waals surface area contributed by atoms with Gasteiger partial charge in [-0.25, -0.2) is 0 Å². The predicted octanol–water partition coefficient (Wildman–Crippen LogP) is 5.70. The predicted molar refractivity (Wildman–Crippen MR) is 111 cm³/mol. The molecule has 0 N–H and O–H groups in total. The van der Waals surface area contributed by atoms with Gasteiger partial charge in [-0.3, -0.25) is 4.79 Å². The molecular formula is C22H35N3O2S. The summed E-state index contributed by atoms with van der Waals surface area (Å²) in [7, 11) is 0. The zero-order valence-corrected chi connectivity index (χ0v) is 17.9. The molecule has 5 nitrogen and oxygen atoms in total. The van der Waals surface area contributed by atoms with E-state index >= 15 is 0 Å². The largest absolute Gasteiger partial charge is 0.416 e. The Balaban J connectivity index is 1.36. The highest BCUT2D eigenvalue weighted by Crippen LogP contribution is 2.34. The van der Waals surface area contributed by atoms with E-state index in [2.05, 4.69) is 15.1 Å². The third-order valence-corrected chi connectivity index (χ3v) is 7.72. The fourth-order valence-electron chi connectivity index (χ4n) is 5.42. The number of hydrogen-bond donors (Lipinski definition) is 0. The highest BCUT2D eigenvalue weighted by Gasteiger charge is 2.32. The molecule has 0 atom stereocenters. The van der Waals surface area contributed by atoms with E-state index in [1.807, 2.05) is 0 Å². The van der Waals surface area contributed by atoms with Gasteiger partial charge in [0.15, 0.2) is 0 Å². The standard InChI is InChI=1S/C22H35N3O2S/c26-20(16-28-22-24-23-21(27-22)17-10-4-1-5-11-17)25(18-12-6-2-7-13-18)19-14-8-3-9-15-19/h17-19H,1-16H2. The van der Waals surface area contributed by atoms with Gasteiger partial charge in [0, 0.05) is 18.0 Å². The summed E-state index contributed by atoms with van der Waals surface area (Å²) in [6.07, 6.45) is 18.6. The van der Waals surface area contributed by atoms with E-state index in [9.17, 15) is 4.79 Å². The molecule has 0 spiro atoms. The van der Waals surface area contributed by atoms with Crippen molar-refractivity contribution in [1.82, 2.24) is 15.1 Å². The quantitative estimate of drug-likeness (QED) is 0.568. The minimum absolute atomic E-state index is 0.279. The van der Waals surface area contributed by atoms with E-state index in [1.54, 1.807) is 0 Å². The zero-order chi connectivity index (χ0) is 19.2. The third-order valence-electron chi connectivity index (χ3n) is 6.92. The van der Waals surface area contributed by atoms with E-state index in [0.717, 1.165) is 18.7 Å². The van der Waals surface area contributed by atoms with E-state index in [1.165, 1.54) is 95.2 Å². The normalized spacial score (nSPS) is 23.0. The topological polar surface area (TPSA) is 59.2 Å². The van der Waals surface area contributed by atoms with Crippen LogP contribution in [-0.4, -0.2) is 38.8 Å². The Morgan fingerprint density at radius 3 is 1.93 bits per heavy atom. The van der Waals surface area contributed by atoms with Crippen molar-refractivity contribution in [2.24, 2.45) is 0 Å². The van der Waals surface area contributed by atoms with Gasteiger partial charge < -0.3 is 9.32 Å². The molecule has 3 fully saturated rings. The Morgan fingerprint density at radius 2 is 1.36 bits per heavy atom. The van der Waals surface area contributed by atoms with Gasteiger partial charge in [0.05, 0.1) is 5.75 Å². The number of carbonyl (C=O) groups excluding carboxylic acids is 1. The van der Waals surface area contributed by atoms with Crippen LogP contribution in [0.5, 0.6) is 0 Å².